The van der Waals surface area contributed by atoms with E-state index in [0.29, 0.717) is 23.7 Å². The lowest BCUT2D eigenvalue weighted by Crippen LogP contribution is -2.24. The molecule has 2 amide bonds. The van der Waals surface area contributed by atoms with E-state index in [4.69, 9.17) is 0 Å². The van der Waals surface area contributed by atoms with Crippen LogP contribution >= 0.6 is 11.3 Å². The summed E-state index contributed by atoms with van der Waals surface area (Å²) in [6, 6.07) is 15.4. The molecule has 0 aliphatic carbocycles. The minimum absolute atomic E-state index is 0.107. The van der Waals surface area contributed by atoms with Gasteiger partial charge in [0, 0.05) is 34.7 Å². The molecular formula is C22H21N3O2S. The van der Waals surface area contributed by atoms with Crippen molar-refractivity contribution in [1.82, 2.24) is 4.98 Å². The smallest absolute Gasteiger partial charge is 0.257 e. The number of aromatic nitrogens is 1. The maximum absolute atomic E-state index is 12.7. The lowest BCUT2D eigenvalue weighted by molar-refractivity contribution is -0.117. The van der Waals surface area contributed by atoms with Crippen molar-refractivity contribution >= 4 is 34.0 Å². The molecule has 1 aromatic heterocycles. The summed E-state index contributed by atoms with van der Waals surface area (Å²) in [6.07, 6.45) is 1.42. The Bertz CT molecular complexity index is 1040. The Kier molecular flexibility index (Phi) is 4.96. The van der Waals surface area contributed by atoms with Crippen molar-refractivity contribution in [2.45, 2.75) is 26.7 Å². The minimum Gasteiger partial charge on any atom is -0.312 e. The number of amides is 2. The molecule has 28 heavy (non-hydrogen) atoms. The Hall–Kier alpha value is -2.99. The van der Waals surface area contributed by atoms with Gasteiger partial charge in [-0.1, -0.05) is 35.9 Å². The van der Waals surface area contributed by atoms with Crippen LogP contribution in [-0.2, 0) is 4.79 Å². The first-order chi connectivity index (χ1) is 13.5. The fourth-order valence-corrected chi connectivity index (χ4v) is 4.17. The summed E-state index contributed by atoms with van der Waals surface area (Å²) in [6.45, 7) is 4.75. The number of aryl methyl sites for hydroxylation is 2. The number of rotatable bonds is 4. The van der Waals surface area contributed by atoms with E-state index in [1.165, 1.54) is 16.9 Å². The van der Waals surface area contributed by atoms with E-state index in [1.807, 2.05) is 32.0 Å². The van der Waals surface area contributed by atoms with E-state index in [9.17, 15) is 9.59 Å². The molecule has 1 fully saturated rings. The maximum atomic E-state index is 12.7. The lowest BCUT2D eigenvalue weighted by Gasteiger charge is -2.16. The molecule has 1 aliphatic rings. The van der Waals surface area contributed by atoms with Crippen molar-refractivity contribution < 1.29 is 9.59 Å². The number of carbonyl (C=O) groups excluding carboxylic acids is 2. The SMILES string of the molecule is Cc1ccc(-c2nc(NC(=O)c3cccc(N4CCCC4=O)c3)sc2C)cc1. The molecule has 0 saturated carbocycles. The fraction of sp³-hybridized carbons (Fsp3) is 0.227. The van der Waals surface area contributed by atoms with Gasteiger partial charge in [-0.3, -0.25) is 14.9 Å². The van der Waals surface area contributed by atoms with Crippen LogP contribution in [0.1, 0.15) is 33.6 Å². The molecule has 1 N–H and O–H groups in total. The van der Waals surface area contributed by atoms with E-state index in [-0.39, 0.29) is 11.8 Å². The molecule has 2 aromatic carbocycles. The van der Waals surface area contributed by atoms with Gasteiger partial charge in [-0.2, -0.15) is 0 Å². The quantitative estimate of drug-likeness (QED) is 0.694. The Morgan fingerprint density at radius 1 is 1.14 bits per heavy atom. The highest BCUT2D eigenvalue weighted by molar-refractivity contribution is 7.16. The Morgan fingerprint density at radius 2 is 1.93 bits per heavy atom. The Morgan fingerprint density at radius 3 is 2.64 bits per heavy atom. The van der Waals surface area contributed by atoms with Gasteiger partial charge in [0.2, 0.25) is 5.91 Å². The highest BCUT2D eigenvalue weighted by Crippen LogP contribution is 2.31. The number of thiazole rings is 1. The third-order valence-electron chi connectivity index (χ3n) is 4.84. The van der Waals surface area contributed by atoms with Crippen molar-refractivity contribution in [3.63, 3.8) is 0 Å². The molecule has 6 heteroatoms. The number of hydrogen-bond donors (Lipinski definition) is 1. The second-order valence-electron chi connectivity index (χ2n) is 6.94. The molecule has 1 aliphatic heterocycles. The number of anilines is 2. The van der Waals surface area contributed by atoms with Gasteiger partial charge in [-0.15, -0.1) is 11.3 Å². The number of carbonyl (C=O) groups is 2. The van der Waals surface area contributed by atoms with Crippen molar-refractivity contribution in [2.75, 3.05) is 16.8 Å². The predicted molar refractivity (Wildman–Crippen MR) is 113 cm³/mol. The summed E-state index contributed by atoms with van der Waals surface area (Å²) >= 11 is 1.46. The maximum Gasteiger partial charge on any atom is 0.257 e. The standard InChI is InChI=1S/C22H21N3O2S/c1-14-8-10-16(11-9-14)20-15(2)28-22(23-20)24-21(27)17-5-3-6-18(13-17)25-12-4-7-19(25)26/h3,5-6,8-11,13H,4,7,12H2,1-2H3,(H,23,24,27). The van der Waals surface area contributed by atoms with E-state index in [2.05, 4.69) is 22.4 Å². The highest BCUT2D eigenvalue weighted by Gasteiger charge is 2.22. The fourth-order valence-electron chi connectivity index (χ4n) is 3.33. The van der Waals surface area contributed by atoms with E-state index in [1.54, 1.807) is 23.1 Å². The summed E-state index contributed by atoms with van der Waals surface area (Å²) in [5, 5.41) is 3.46. The predicted octanol–water partition coefficient (Wildman–Crippen LogP) is 4.81. The third-order valence-corrected chi connectivity index (χ3v) is 5.72. The van der Waals surface area contributed by atoms with Crippen LogP contribution in [0.25, 0.3) is 11.3 Å². The highest BCUT2D eigenvalue weighted by atomic mass is 32.1. The average Bonchev–Trinajstić information content (AvgIpc) is 3.28. The first-order valence-electron chi connectivity index (χ1n) is 9.27. The second-order valence-corrected chi connectivity index (χ2v) is 8.15. The zero-order valence-electron chi connectivity index (χ0n) is 15.9. The number of nitrogens with one attached hydrogen (secondary N) is 1. The van der Waals surface area contributed by atoms with Crippen LogP contribution in [0.5, 0.6) is 0 Å². The van der Waals surface area contributed by atoms with Crippen LogP contribution < -0.4 is 10.2 Å². The van der Waals surface area contributed by atoms with Crippen LogP contribution in [0.3, 0.4) is 0 Å². The molecule has 0 atom stereocenters. The summed E-state index contributed by atoms with van der Waals surface area (Å²) in [5.41, 5.74) is 4.40. The van der Waals surface area contributed by atoms with Gasteiger partial charge in [0.05, 0.1) is 5.69 Å². The summed E-state index contributed by atoms with van der Waals surface area (Å²) in [7, 11) is 0. The molecule has 142 valence electrons. The second kappa shape index (κ2) is 7.56. The number of benzene rings is 2. The zero-order chi connectivity index (χ0) is 19.7. The van der Waals surface area contributed by atoms with Crippen LogP contribution in [0.2, 0.25) is 0 Å². The lowest BCUT2D eigenvalue weighted by atomic mass is 10.1. The van der Waals surface area contributed by atoms with Gasteiger partial charge < -0.3 is 4.90 Å². The molecule has 0 bridgehead atoms. The van der Waals surface area contributed by atoms with Crippen LogP contribution in [0.4, 0.5) is 10.8 Å². The average molecular weight is 391 g/mol. The Labute approximate surface area is 168 Å². The summed E-state index contributed by atoms with van der Waals surface area (Å²) in [4.78, 5) is 32.1. The molecule has 3 aromatic rings. The van der Waals surface area contributed by atoms with Crippen molar-refractivity contribution in [3.05, 3.63) is 64.5 Å². The molecular weight excluding hydrogens is 370 g/mol. The molecule has 0 radical (unpaired) electrons. The van der Waals surface area contributed by atoms with E-state index < -0.39 is 0 Å². The Balaban J connectivity index is 1.53. The zero-order valence-corrected chi connectivity index (χ0v) is 16.7. The molecule has 5 nitrogen and oxygen atoms in total. The largest absolute Gasteiger partial charge is 0.312 e. The normalized spacial score (nSPS) is 13.8. The first-order valence-corrected chi connectivity index (χ1v) is 10.1. The van der Waals surface area contributed by atoms with Gasteiger partial charge in [-0.05, 0) is 38.5 Å². The topological polar surface area (TPSA) is 62.3 Å². The van der Waals surface area contributed by atoms with Gasteiger partial charge in [0.15, 0.2) is 5.13 Å². The van der Waals surface area contributed by atoms with Crippen molar-refractivity contribution in [3.8, 4) is 11.3 Å². The third kappa shape index (κ3) is 3.68. The summed E-state index contributed by atoms with van der Waals surface area (Å²) in [5.74, 6) is -0.117. The van der Waals surface area contributed by atoms with Crippen molar-refractivity contribution in [1.29, 1.82) is 0 Å². The molecule has 1 saturated heterocycles. The molecule has 2 heterocycles. The van der Waals surface area contributed by atoms with Gasteiger partial charge in [0.1, 0.15) is 0 Å². The number of nitrogens with zero attached hydrogens (tertiary/aromatic N) is 2. The van der Waals surface area contributed by atoms with Gasteiger partial charge in [-0.25, -0.2) is 4.98 Å². The summed E-state index contributed by atoms with van der Waals surface area (Å²) < 4.78 is 0. The van der Waals surface area contributed by atoms with Gasteiger partial charge >= 0.3 is 0 Å². The van der Waals surface area contributed by atoms with Crippen LogP contribution in [0.15, 0.2) is 48.5 Å². The van der Waals surface area contributed by atoms with Gasteiger partial charge in [0.25, 0.3) is 5.91 Å². The first kappa shape index (κ1) is 18.4. The minimum atomic E-state index is -0.224. The monoisotopic (exact) mass is 391 g/mol. The van der Waals surface area contributed by atoms with E-state index in [0.717, 1.165) is 28.2 Å². The van der Waals surface area contributed by atoms with E-state index >= 15 is 0 Å². The molecule has 4 rings (SSSR count). The molecule has 0 unspecified atom stereocenters. The number of hydrogen-bond acceptors (Lipinski definition) is 4. The van der Waals surface area contributed by atoms with Crippen LogP contribution in [-0.4, -0.2) is 23.3 Å². The van der Waals surface area contributed by atoms with Crippen molar-refractivity contribution in [2.24, 2.45) is 0 Å². The van der Waals surface area contributed by atoms with Crippen LogP contribution in [0, 0.1) is 13.8 Å². The molecule has 0 spiro atoms.